The Morgan fingerprint density at radius 3 is 2.36 bits per heavy atom. The van der Waals surface area contributed by atoms with Crippen LogP contribution in [-0.4, -0.2) is 38.4 Å². The van der Waals surface area contributed by atoms with Gasteiger partial charge in [-0.05, 0) is 49.7 Å². The van der Waals surface area contributed by atoms with Crippen LogP contribution in [0.1, 0.15) is 57.6 Å². The van der Waals surface area contributed by atoms with Gasteiger partial charge in [0.1, 0.15) is 0 Å². The van der Waals surface area contributed by atoms with Crippen molar-refractivity contribution in [1.82, 2.24) is 10.6 Å². The van der Waals surface area contributed by atoms with Crippen LogP contribution < -0.4 is 10.6 Å². The van der Waals surface area contributed by atoms with Crippen molar-refractivity contribution < 1.29 is 9.47 Å². The lowest BCUT2D eigenvalue weighted by atomic mass is 10.0. The van der Waals surface area contributed by atoms with Gasteiger partial charge in [0, 0.05) is 32.8 Å². The summed E-state index contributed by atoms with van der Waals surface area (Å²) in [7, 11) is 1.82. The third-order valence-corrected chi connectivity index (χ3v) is 4.92. The number of hydrogen-bond donors (Lipinski definition) is 2. The molecule has 0 bridgehead atoms. The fraction of sp³-hybridized carbons (Fsp3) is 0.682. The SMILES string of the molecule is CN=C(NCc1ccc(COC2CCOCC2)cc1)NC(C)CCC(C)C.I. The smallest absolute Gasteiger partial charge is 0.191 e. The Balaban J connectivity index is 0.00000392. The van der Waals surface area contributed by atoms with E-state index in [9.17, 15) is 0 Å². The number of benzene rings is 1. The van der Waals surface area contributed by atoms with Crippen LogP contribution in [0.25, 0.3) is 0 Å². The first-order valence-electron chi connectivity index (χ1n) is 10.3. The van der Waals surface area contributed by atoms with Crippen LogP contribution in [0.4, 0.5) is 0 Å². The molecule has 1 atom stereocenters. The molecule has 0 saturated carbocycles. The molecule has 1 aromatic rings. The van der Waals surface area contributed by atoms with Gasteiger partial charge >= 0.3 is 0 Å². The number of rotatable bonds is 9. The van der Waals surface area contributed by atoms with Crippen LogP contribution in [0.3, 0.4) is 0 Å². The van der Waals surface area contributed by atoms with Gasteiger partial charge in [-0.3, -0.25) is 4.99 Å². The van der Waals surface area contributed by atoms with Gasteiger partial charge in [-0.25, -0.2) is 0 Å². The van der Waals surface area contributed by atoms with E-state index in [1.54, 1.807) is 0 Å². The predicted octanol–water partition coefficient (Wildman–Crippen LogP) is 4.49. The third kappa shape index (κ3) is 10.1. The number of halogens is 1. The highest BCUT2D eigenvalue weighted by atomic mass is 127. The van der Waals surface area contributed by atoms with E-state index in [4.69, 9.17) is 9.47 Å². The molecule has 1 aliphatic heterocycles. The maximum atomic E-state index is 5.98. The van der Waals surface area contributed by atoms with E-state index in [2.05, 4.69) is 60.7 Å². The Morgan fingerprint density at radius 1 is 1.11 bits per heavy atom. The highest BCUT2D eigenvalue weighted by Crippen LogP contribution is 2.14. The Kier molecular flexibility index (Phi) is 12.7. The number of hydrogen-bond acceptors (Lipinski definition) is 3. The summed E-state index contributed by atoms with van der Waals surface area (Å²) in [6, 6.07) is 9.04. The first kappa shape index (κ1) is 25.2. The minimum atomic E-state index is 0. The van der Waals surface area contributed by atoms with E-state index < -0.39 is 0 Å². The van der Waals surface area contributed by atoms with Gasteiger partial charge in [-0.15, -0.1) is 24.0 Å². The minimum absolute atomic E-state index is 0. The molecule has 0 aromatic heterocycles. The maximum Gasteiger partial charge on any atom is 0.191 e. The molecular weight excluding hydrogens is 465 g/mol. The summed E-state index contributed by atoms with van der Waals surface area (Å²) in [5, 5.41) is 6.87. The lowest BCUT2D eigenvalue weighted by Gasteiger charge is -2.22. The van der Waals surface area contributed by atoms with Gasteiger partial charge in [-0.1, -0.05) is 38.1 Å². The summed E-state index contributed by atoms with van der Waals surface area (Å²) in [6.07, 6.45) is 4.73. The van der Waals surface area contributed by atoms with Crippen molar-refractivity contribution in [1.29, 1.82) is 0 Å². The van der Waals surface area contributed by atoms with E-state index in [1.165, 1.54) is 17.5 Å². The molecule has 1 aliphatic rings. The van der Waals surface area contributed by atoms with Gasteiger partial charge in [0.15, 0.2) is 5.96 Å². The van der Waals surface area contributed by atoms with E-state index in [1.807, 2.05) is 7.05 Å². The first-order valence-corrected chi connectivity index (χ1v) is 10.3. The zero-order valence-electron chi connectivity index (χ0n) is 17.9. The second-order valence-corrected chi connectivity index (χ2v) is 7.88. The van der Waals surface area contributed by atoms with E-state index >= 15 is 0 Å². The zero-order chi connectivity index (χ0) is 19.5. The van der Waals surface area contributed by atoms with Crippen molar-refractivity contribution in [3.63, 3.8) is 0 Å². The highest BCUT2D eigenvalue weighted by Gasteiger charge is 2.14. The van der Waals surface area contributed by atoms with E-state index in [0.717, 1.165) is 50.9 Å². The van der Waals surface area contributed by atoms with Crippen molar-refractivity contribution in [2.75, 3.05) is 20.3 Å². The molecule has 6 heteroatoms. The van der Waals surface area contributed by atoms with Crippen molar-refractivity contribution in [2.45, 2.75) is 71.8 Å². The average molecular weight is 503 g/mol. The molecule has 0 spiro atoms. The second kappa shape index (κ2) is 14.2. The normalized spacial score (nSPS) is 16.5. The van der Waals surface area contributed by atoms with Crippen LogP contribution in [0.15, 0.2) is 29.3 Å². The maximum absolute atomic E-state index is 5.98. The summed E-state index contributed by atoms with van der Waals surface area (Å²) in [5.41, 5.74) is 2.46. The number of guanidine groups is 1. The lowest BCUT2D eigenvalue weighted by Crippen LogP contribution is -2.41. The van der Waals surface area contributed by atoms with Crippen LogP contribution in [-0.2, 0) is 22.6 Å². The second-order valence-electron chi connectivity index (χ2n) is 7.88. The highest BCUT2D eigenvalue weighted by molar-refractivity contribution is 14.0. The molecule has 0 aliphatic carbocycles. The van der Waals surface area contributed by atoms with Crippen molar-refractivity contribution in [3.8, 4) is 0 Å². The monoisotopic (exact) mass is 503 g/mol. The molecule has 2 N–H and O–H groups in total. The molecule has 0 radical (unpaired) electrons. The molecule has 160 valence electrons. The lowest BCUT2D eigenvalue weighted by molar-refractivity contribution is -0.0390. The topological polar surface area (TPSA) is 54.9 Å². The molecule has 1 fully saturated rings. The van der Waals surface area contributed by atoms with Gasteiger partial charge in [0.05, 0.1) is 12.7 Å². The number of nitrogens with zero attached hydrogens (tertiary/aromatic N) is 1. The molecule has 1 unspecified atom stereocenters. The molecule has 1 aromatic carbocycles. The van der Waals surface area contributed by atoms with Crippen LogP contribution in [0.5, 0.6) is 0 Å². The summed E-state index contributed by atoms with van der Waals surface area (Å²) < 4.78 is 11.4. The molecular formula is C22H38IN3O2. The van der Waals surface area contributed by atoms with Crippen molar-refractivity contribution in [2.24, 2.45) is 10.9 Å². The van der Waals surface area contributed by atoms with Gasteiger partial charge in [-0.2, -0.15) is 0 Å². The fourth-order valence-electron chi connectivity index (χ4n) is 3.08. The summed E-state index contributed by atoms with van der Waals surface area (Å²) in [5.74, 6) is 1.59. The Bertz CT molecular complexity index is 557. The van der Waals surface area contributed by atoms with E-state index in [0.29, 0.717) is 18.8 Å². The molecule has 0 amide bonds. The Labute approximate surface area is 188 Å². The molecule has 2 rings (SSSR count). The van der Waals surface area contributed by atoms with Gasteiger partial charge in [0.2, 0.25) is 0 Å². The minimum Gasteiger partial charge on any atom is -0.381 e. The van der Waals surface area contributed by atoms with Crippen LogP contribution >= 0.6 is 24.0 Å². The van der Waals surface area contributed by atoms with Crippen molar-refractivity contribution in [3.05, 3.63) is 35.4 Å². The quantitative estimate of drug-likeness (QED) is 0.296. The first-order chi connectivity index (χ1) is 13.1. The molecule has 1 heterocycles. The molecule has 1 saturated heterocycles. The van der Waals surface area contributed by atoms with Crippen LogP contribution in [0.2, 0.25) is 0 Å². The molecule has 5 nitrogen and oxygen atoms in total. The number of ether oxygens (including phenoxy) is 2. The third-order valence-electron chi connectivity index (χ3n) is 4.92. The number of nitrogens with one attached hydrogen (secondary N) is 2. The largest absolute Gasteiger partial charge is 0.381 e. The van der Waals surface area contributed by atoms with E-state index in [-0.39, 0.29) is 24.0 Å². The summed E-state index contributed by atoms with van der Waals surface area (Å²) in [6.45, 7) is 9.81. The Hall–Kier alpha value is -0.860. The van der Waals surface area contributed by atoms with Crippen molar-refractivity contribution >= 4 is 29.9 Å². The molecule has 28 heavy (non-hydrogen) atoms. The zero-order valence-corrected chi connectivity index (χ0v) is 20.2. The predicted molar refractivity (Wildman–Crippen MR) is 127 cm³/mol. The van der Waals surface area contributed by atoms with Gasteiger partial charge in [0.25, 0.3) is 0 Å². The van der Waals surface area contributed by atoms with Crippen LogP contribution in [0, 0.1) is 5.92 Å². The fourth-order valence-corrected chi connectivity index (χ4v) is 3.08. The standard InChI is InChI=1S/C22H37N3O2.HI/c1-17(2)5-6-18(3)25-22(23-4)24-15-19-7-9-20(10-8-19)16-27-21-11-13-26-14-12-21;/h7-10,17-18,21H,5-6,11-16H2,1-4H3,(H2,23,24,25);1H. The average Bonchev–Trinajstić information content (AvgIpc) is 2.69. The van der Waals surface area contributed by atoms with Gasteiger partial charge < -0.3 is 20.1 Å². The number of aliphatic imine (C=N–C) groups is 1. The summed E-state index contributed by atoms with van der Waals surface area (Å²) in [4.78, 5) is 4.33. The summed E-state index contributed by atoms with van der Waals surface area (Å²) >= 11 is 0. The Morgan fingerprint density at radius 2 is 1.75 bits per heavy atom.